The van der Waals surface area contributed by atoms with Gasteiger partial charge in [0.1, 0.15) is 18.1 Å². The summed E-state index contributed by atoms with van der Waals surface area (Å²) in [6.07, 6.45) is -0.574. The number of nitriles is 1. The zero-order chi connectivity index (χ0) is 12.6. The van der Waals surface area contributed by atoms with Gasteiger partial charge in [0.25, 0.3) is 0 Å². The van der Waals surface area contributed by atoms with Crippen LogP contribution in [0.25, 0.3) is 0 Å². The maximum atomic E-state index is 11.8. The molecule has 17 heavy (non-hydrogen) atoms. The Kier molecular flexibility index (Phi) is 1.84. The number of hydrogen-bond donors (Lipinski definition) is 0. The molecule has 0 aromatic heterocycles. The second-order valence-corrected chi connectivity index (χ2v) is 6.59. The number of carbonyl (C=O) groups is 1. The second kappa shape index (κ2) is 2.84. The fourth-order valence-corrected chi connectivity index (χ4v) is 3.68. The topological polar surface area (TPSA) is 59.3 Å². The Bertz CT molecular complexity index is 433. The minimum Gasteiger partial charge on any atom is -0.459 e. The molecule has 3 aliphatic heterocycles. The fourth-order valence-electron chi connectivity index (χ4n) is 3.68. The van der Waals surface area contributed by atoms with Gasteiger partial charge >= 0.3 is 5.97 Å². The highest BCUT2D eigenvalue weighted by atomic mass is 16.6. The molecule has 3 saturated heterocycles. The number of rotatable bonds is 0. The lowest BCUT2D eigenvalue weighted by Crippen LogP contribution is -2.53. The smallest absolute Gasteiger partial charge is 0.313 e. The van der Waals surface area contributed by atoms with Crippen LogP contribution < -0.4 is 0 Å². The molecular formula is C13H17NO3. The summed E-state index contributed by atoms with van der Waals surface area (Å²) < 4.78 is 11.4. The summed E-state index contributed by atoms with van der Waals surface area (Å²) in [7, 11) is 0. The standard InChI is InChI=1S/C13H17NO3/c1-12(2,3)13(4)9-6(5-14)7-8(16-9)10(13)17-11(7)15/h6-10H,1-4H3. The van der Waals surface area contributed by atoms with Crippen LogP contribution in [0.15, 0.2) is 0 Å². The first-order valence-electron chi connectivity index (χ1n) is 6.08. The summed E-state index contributed by atoms with van der Waals surface area (Å²) in [4.78, 5) is 11.8. The van der Waals surface area contributed by atoms with Crippen LogP contribution in [0, 0.1) is 34.0 Å². The normalized spacial score (nSPS) is 51.5. The average Bonchev–Trinajstić information content (AvgIpc) is 2.79. The predicted octanol–water partition coefficient (Wildman–Crippen LogP) is 1.50. The molecule has 2 bridgehead atoms. The van der Waals surface area contributed by atoms with Crippen LogP contribution in [-0.4, -0.2) is 24.3 Å². The van der Waals surface area contributed by atoms with E-state index < -0.39 is 0 Å². The summed E-state index contributed by atoms with van der Waals surface area (Å²) in [5.41, 5.74) is -0.345. The molecule has 0 N–H and O–H groups in total. The zero-order valence-corrected chi connectivity index (χ0v) is 10.6. The Morgan fingerprint density at radius 1 is 1.35 bits per heavy atom. The lowest BCUT2D eigenvalue weighted by molar-refractivity contribution is -0.148. The Morgan fingerprint density at radius 2 is 2.00 bits per heavy atom. The van der Waals surface area contributed by atoms with Gasteiger partial charge in [-0.2, -0.15) is 5.26 Å². The molecule has 3 fully saturated rings. The number of fused-ring (bicyclic) bond motifs is 1. The molecule has 0 amide bonds. The van der Waals surface area contributed by atoms with Crippen molar-refractivity contribution < 1.29 is 14.3 Å². The molecule has 4 nitrogen and oxygen atoms in total. The lowest BCUT2D eigenvalue weighted by Gasteiger charge is -2.46. The Labute approximate surface area is 101 Å². The Morgan fingerprint density at radius 3 is 2.53 bits per heavy atom. The van der Waals surface area contributed by atoms with E-state index >= 15 is 0 Å². The molecule has 0 aliphatic carbocycles. The van der Waals surface area contributed by atoms with E-state index in [2.05, 4.69) is 33.8 Å². The van der Waals surface area contributed by atoms with E-state index in [1.807, 2.05) is 0 Å². The van der Waals surface area contributed by atoms with Gasteiger partial charge in [-0.05, 0) is 5.41 Å². The minimum atomic E-state index is -0.356. The summed E-state index contributed by atoms with van der Waals surface area (Å²) in [6.45, 7) is 8.44. The fraction of sp³-hybridized carbons (Fsp3) is 0.846. The SMILES string of the molecule is CC(C)(C)C1(C)C2OC3C(C(=O)OC31)C2C#N. The van der Waals surface area contributed by atoms with Crippen LogP contribution in [0.3, 0.4) is 0 Å². The van der Waals surface area contributed by atoms with E-state index in [0.29, 0.717) is 0 Å². The molecule has 0 spiro atoms. The number of carbonyl (C=O) groups excluding carboxylic acids is 1. The van der Waals surface area contributed by atoms with E-state index in [4.69, 9.17) is 9.47 Å². The van der Waals surface area contributed by atoms with Gasteiger partial charge in [0.15, 0.2) is 0 Å². The van der Waals surface area contributed by atoms with Crippen molar-refractivity contribution in [2.24, 2.45) is 22.7 Å². The quantitative estimate of drug-likeness (QED) is 0.597. The molecule has 3 aliphatic rings. The molecule has 4 heteroatoms. The van der Waals surface area contributed by atoms with E-state index in [9.17, 15) is 10.1 Å². The van der Waals surface area contributed by atoms with Gasteiger partial charge in [0, 0.05) is 5.41 Å². The van der Waals surface area contributed by atoms with E-state index in [-0.39, 0.29) is 46.9 Å². The third kappa shape index (κ3) is 0.999. The minimum absolute atomic E-state index is 0.0677. The third-order valence-electron chi connectivity index (χ3n) is 5.13. The summed E-state index contributed by atoms with van der Waals surface area (Å²) in [5, 5.41) is 9.29. The van der Waals surface area contributed by atoms with Gasteiger partial charge in [-0.3, -0.25) is 4.79 Å². The summed E-state index contributed by atoms with van der Waals surface area (Å²) in [6, 6.07) is 2.25. The van der Waals surface area contributed by atoms with E-state index in [0.717, 1.165) is 0 Å². The number of ether oxygens (including phenoxy) is 2. The first-order chi connectivity index (χ1) is 7.82. The molecule has 0 aromatic carbocycles. The van der Waals surface area contributed by atoms with Gasteiger partial charge in [-0.15, -0.1) is 0 Å². The highest BCUT2D eigenvalue weighted by Crippen LogP contribution is 2.64. The molecular weight excluding hydrogens is 218 g/mol. The largest absolute Gasteiger partial charge is 0.459 e. The Balaban J connectivity index is 2.12. The molecule has 3 rings (SSSR count). The maximum absolute atomic E-state index is 11.8. The molecule has 0 aromatic rings. The highest BCUT2D eigenvalue weighted by Gasteiger charge is 2.75. The van der Waals surface area contributed by atoms with Gasteiger partial charge in [0.2, 0.25) is 0 Å². The van der Waals surface area contributed by atoms with Gasteiger partial charge < -0.3 is 9.47 Å². The summed E-state index contributed by atoms with van der Waals surface area (Å²) >= 11 is 0. The summed E-state index contributed by atoms with van der Waals surface area (Å²) in [5.74, 6) is -0.956. The van der Waals surface area contributed by atoms with Crippen molar-refractivity contribution in [1.29, 1.82) is 5.26 Å². The molecule has 6 unspecified atom stereocenters. The van der Waals surface area contributed by atoms with Crippen molar-refractivity contribution in [3.05, 3.63) is 0 Å². The van der Waals surface area contributed by atoms with Gasteiger partial charge in [-0.25, -0.2) is 0 Å². The second-order valence-electron chi connectivity index (χ2n) is 6.59. The number of nitrogens with zero attached hydrogens (tertiary/aromatic N) is 1. The molecule has 0 radical (unpaired) electrons. The van der Waals surface area contributed by atoms with Gasteiger partial charge in [0.05, 0.1) is 18.1 Å². The van der Waals surface area contributed by atoms with Crippen molar-refractivity contribution in [2.75, 3.05) is 0 Å². The predicted molar refractivity (Wildman–Crippen MR) is 58.7 cm³/mol. The van der Waals surface area contributed by atoms with E-state index in [1.165, 1.54) is 0 Å². The van der Waals surface area contributed by atoms with Crippen molar-refractivity contribution in [3.63, 3.8) is 0 Å². The average molecular weight is 235 g/mol. The van der Waals surface area contributed by atoms with Crippen molar-refractivity contribution >= 4 is 5.97 Å². The molecule has 92 valence electrons. The monoisotopic (exact) mass is 235 g/mol. The van der Waals surface area contributed by atoms with Crippen LogP contribution in [0.5, 0.6) is 0 Å². The van der Waals surface area contributed by atoms with E-state index in [1.54, 1.807) is 0 Å². The van der Waals surface area contributed by atoms with Crippen LogP contribution in [0.1, 0.15) is 27.7 Å². The Hall–Kier alpha value is -1.08. The zero-order valence-electron chi connectivity index (χ0n) is 10.6. The van der Waals surface area contributed by atoms with Gasteiger partial charge in [-0.1, -0.05) is 27.7 Å². The first-order valence-corrected chi connectivity index (χ1v) is 6.08. The molecule has 0 saturated carbocycles. The van der Waals surface area contributed by atoms with Crippen LogP contribution in [0.4, 0.5) is 0 Å². The maximum Gasteiger partial charge on any atom is 0.313 e. The van der Waals surface area contributed by atoms with Crippen LogP contribution in [0.2, 0.25) is 0 Å². The van der Waals surface area contributed by atoms with Crippen molar-refractivity contribution in [1.82, 2.24) is 0 Å². The third-order valence-corrected chi connectivity index (χ3v) is 5.13. The van der Waals surface area contributed by atoms with Crippen LogP contribution >= 0.6 is 0 Å². The molecule has 3 heterocycles. The number of esters is 1. The first kappa shape index (κ1) is 11.0. The lowest BCUT2D eigenvalue weighted by atomic mass is 9.55. The molecule has 6 atom stereocenters. The van der Waals surface area contributed by atoms with Crippen molar-refractivity contribution in [3.8, 4) is 6.07 Å². The van der Waals surface area contributed by atoms with Crippen molar-refractivity contribution in [2.45, 2.75) is 46.0 Å². The highest BCUT2D eigenvalue weighted by molar-refractivity contribution is 5.78. The number of hydrogen-bond acceptors (Lipinski definition) is 4. The van der Waals surface area contributed by atoms with Crippen LogP contribution in [-0.2, 0) is 14.3 Å².